The molecule has 6 heteroatoms. The van der Waals surface area contributed by atoms with Gasteiger partial charge in [0.2, 0.25) is 0 Å². The van der Waals surface area contributed by atoms with Crippen LogP contribution in [-0.4, -0.2) is 26.9 Å². The summed E-state index contributed by atoms with van der Waals surface area (Å²) in [5.41, 5.74) is 1.21. The number of benzene rings is 1. The number of carbonyl (C=O) groups is 1. The second-order valence-corrected chi connectivity index (χ2v) is 7.45. The van der Waals surface area contributed by atoms with Crippen LogP contribution in [0, 0.1) is 0 Å². The maximum atomic E-state index is 12.0. The van der Waals surface area contributed by atoms with Crippen molar-refractivity contribution in [2.75, 3.05) is 6.61 Å². The Bertz CT molecular complexity index is 597. The number of nitrogens with zero attached hydrogens (tertiary/aromatic N) is 2. The fourth-order valence-corrected chi connectivity index (χ4v) is 3.51. The van der Waals surface area contributed by atoms with E-state index in [9.17, 15) is 4.79 Å². The Morgan fingerprint density at radius 2 is 2.05 bits per heavy atom. The number of hydrogen-bond acceptors (Lipinski definition) is 6. The molecule has 0 saturated heterocycles. The molecule has 1 aromatic carbocycles. The van der Waals surface area contributed by atoms with E-state index in [0.717, 1.165) is 16.3 Å². The molecule has 1 heterocycles. The Kier molecular flexibility index (Phi) is 5.36. The largest absolute Gasteiger partial charge is 0.465 e. The van der Waals surface area contributed by atoms with E-state index in [0.29, 0.717) is 6.61 Å². The van der Waals surface area contributed by atoms with Gasteiger partial charge in [-0.1, -0.05) is 46.6 Å². The van der Waals surface area contributed by atoms with Crippen molar-refractivity contribution in [3.05, 3.63) is 40.8 Å². The summed E-state index contributed by atoms with van der Waals surface area (Å²) in [7, 11) is 0. The number of carbonyl (C=O) groups excluding carboxylic acids is 1. The minimum atomic E-state index is -0.669. The normalized spacial score (nSPS) is 11.4. The number of thioether (sulfide) groups is 1. The van der Waals surface area contributed by atoms with Crippen LogP contribution in [0.2, 0.25) is 0 Å². The van der Waals surface area contributed by atoms with Gasteiger partial charge in [0.15, 0.2) is 0 Å². The van der Waals surface area contributed by atoms with Crippen LogP contribution in [-0.2, 0) is 16.0 Å². The van der Waals surface area contributed by atoms with Crippen LogP contribution >= 0.6 is 23.3 Å². The zero-order valence-corrected chi connectivity index (χ0v) is 14.0. The van der Waals surface area contributed by atoms with Gasteiger partial charge in [0.05, 0.1) is 11.5 Å². The first-order valence-corrected chi connectivity index (χ1v) is 8.33. The number of hydrogen-bond donors (Lipinski definition) is 0. The molecule has 112 valence electrons. The standard InChI is InChI=1S/C15H18N2O2S2/c1-4-19-14(18)15(2,3)20-13-12(21-17-16-13)10-11-8-6-5-7-9-11/h5-9H,4,10H2,1-3H3. The minimum absolute atomic E-state index is 0.228. The average molecular weight is 322 g/mol. The third kappa shape index (κ3) is 4.28. The summed E-state index contributed by atoms with van der Waals surface area (Å²) < 4.78 is 8.47. The first-order chi connectivity index (χ1) is 10.0. The fraction of sp³-hybridized carbons (Fsp3) is 0.400. The van der Waals surface area contributed by atoms with Gasteiger partial charge in [0.25, 0.3) is 0 Å². The molecule has 0 spiro atoms. The molecule has 0 aliphatic heterocycles. The molecule has 0 radical (unpaired) electrons. The lowest BCUT2D eigenvalue weighted by atomic mass is 10.1. The molecule has 2 rings (SSSR count). The monoisotopic (exact) mass is 322 g/mol. The molecule has 0 saturated carbocycles. The minimum Gasteiger partial charge on any atom is -0.465 e. The molecule has 1 aromatic heterocycles. The second kappa shape index (κ2) is 7.04. The van der Waals surface area contributed by atoms with E-state index in [4.69, 9.17) is 4.74 Å². The van der Waals surface area contributed by atoms with E-state index in [2.05, 4.69) is 21.7 Å². The first-order valence-electron chi connectivity index (χ1n) is 6.74. The molecule has 0 bridgehead atoms. The molecular formula is C15H18N2O2S2. The maximum absolute atomic E-state index is 12.0. The van der Waals surface area contributed by atoms with Crippen molar-refractivity contribution in [3.8, 4) is 0 Å². The van der Waals surface area contributed by atoms with E-state index in [1.165, 1.54) is 28.9 Å². The van der Waals surface area contributed by atoms with Crippen LogP contribution in [0.5, 0.6) is 0 Å². The van der Waals surface area contributed by atoms with Crippen molar-refractivity contribution < 1.29 is 9.53 Å². The summed E-state index contributed by atoms with van der Waals surface area (Å²) in [5, 5.41) is 4.97. The van der Waals surface area contributed by atoms with Gasteiger partial charge >= 0.3 is 5.97 Å². The van der Waals surface area contributed by atoms with Gasteiger partial charge in [0, 0.05) is 6.42 Å². The maximum Gasteiger partial charge on any atom is 0.322 e. The molecule has 0 N–H and O–H groups in total. The second-order valence-electron chi connectivity index (χ2n) is 5.00. The summed E-state index contributed by atoms with van der Waals surface area (Å²) in [5.74, 6) is -0.228. The summed E-state index contributed by atoms with van der Waals surface area (Å²) in [6.45, 7) is 5.89. The molecular weight excluding hydrogens is 304 g/mol. The van der Waals surface area contributed by atoms with Gasteiger partial charge in [-0.05, 0) is 37.9 Å². The van der Waals surface area contributed by atoms with Gasteiger partial charge in [0.1, 0.15) is 9.77 Å². The lowest BCUT2D eigenvalue weighted by Gasteiger charge is -2.20. The number of rotatable bonds is 6. The van der Waals surface area contributed by atoms with Gasteiger partial charge in [-0.3, -0.25) is 4.79 Å². The number of ether oxygens (including phenoxy) is 1. The third-order valence-corrected chi connectivity index (χ3v) is 4.90. The highest BCUT2D eigenvalue weighted by atomic mass is 32.2. The van der Waals surface area contributed by atoms with Gasteiger partial charge in [-0.25, -0.2) is 0 Å². The Morgan fingerprint density at radius 3 is 2.71 bits per heavy atom. The van der Waals surface area contributed by atoms with E-state index in [-0.39, 0.29) is 5.97 Å². The van der Waals surface area contributed by atoms with Crippen LogP contribution in [0.25, 0.3) is 0 Å². The van der Waals surface area contributed by atoms with Crippen molar-refractivity contribution in [1.82, 2.24) is 9.59 Å². The predicted octanol–water partition coefficient (Wildman–Crippen LogP) is 3.56. The molecule has 0 aliphatic carbocycles. The molecule has 0 amide bonds. The molecule has 0 atom stereocenters. The van der Waals surface area contributed by atoms with E-state index >= 15 is 0 Å². The topological polar surface area (TPSA) is 52.1 Å². The average Bonchev–Trinajstić information content (AvgIpc) is 2.87. The van der Waals surface area contributed by atoms with Crippen LogP contribution in [0.15, 0.2) is 35.4 Å². The van der Waals surface area contributed by atoms with Crippen molar-refractivity contribution >= 4 is 29.3 Å². The lowest BCUT2D eigenvalue weighted by molar-refractivity contribution is -0.145. The Labute approximate surface area is 133 Å². The predicted molar refractivity (Wildman–Crippen MR) is 85.7 cm³/mol. The van der Waals surface area contributed by atoms with Crippen LogP contribution < -0.4 is 0 Å². The van der Waals surface area contributed by atoms with Gasteiger partial charge in [-0.2, -0.15) is 0 Å². The SMILES string of the molecule is CCOC(=O)C(C)(C)Sc1nnsc1Cc1ccccc1. The number of esters is 1. The van der Waals surface area contributed by atoms with Gasteiger partial charge < -0.3 is 4.74 Å². The third-order valence-electron chi connectivity index (χ3n) is 2.85. The molecule has 0 aliphatic rings. The molecule has 2 aromatic rings. The van der Waals surface area contributed by atoms with Gasteiger partial charge in [-0.15, -0.1) is 5.10 Å². The Hall–Kier alpha value is -1.40. The van der Waals surface area contributed by atoms with Crippen molar-refractivity contribution in [2.45, 2.75) is 37.0 Å². The van der Waals surface area contributed by atoms with Crippen molar-refractivity contribution in [1.29, 1.82) is 0 Å². The van der Waals surface area contributed by atoms with Crippen LogP contribution in [0.4, 0.5) is 0 Å². The van der Waals surface area contributed by atoms with Crippen LogP contribution in [0.3, 0.4) is 0 Å². The highest BCUT2D eigenvalue weighted by Gasteiger charge is 2.32. The summed E-state index contributed by atoms with van der Waals surface area (Å²) >= 11 is 2.78. The lowest BCUT2D eigenvalue weighted by Crippen LogP contribution is -2.30. The van der Waals surface area contributed by atoms with Crippen LogP contribution in [0.1, 0.15) is 31.2 Å². The highest BCUT2D eigenvalue weighted by Crippen LogP contribution is 2.36. The first kappa shape index (κ1) is 16.0. The van der Waals surface area contributed by atoms with E-state index in [1.807, 2.05) is 39.0 Å². The van der Waals surface area contributed by atoms with E-state index in [1.54, 1.807) is 0 Å². The smallest absolute Gasteiger partial charge is 0.322 e. The highest BCUT2D eigenvalue weighted by molar-refractivity contribution is 8.01. The molecule has 0 fully saturated rings. The summed E-state index contributed by atoms with van der Waals surface area (Å²) in [6.07, 6.45) is 0.778. The summed E-state index contributed by atoms with van der Waals surface area (Å²) in [6, 6.07) is 10.2. The number of aromatic nitrogens is 2. The summed E-state index contributed by atoms with van der Waals surface area (Å²) in [4.78, 5) is 13.0. The fourth-order valence-electron chi connectivity index (χ4n) is 1.76. The molecule has 0 unspecified atom stereocenters. The quantitative estimate of drug-likeness (QED) is 0.601. The van der Waals surface area contributed by atoms with Crippen molar-refractivity contribution in [3.63, 3.8) is 0 Å². The van der Waals surface area contributed by atoms with Crippen molar-refractivity contribution in [2.24, 2.45) is 0 Å². The Balaban J connectivity index is 2.12. The van der Waals surface area contributed by atoms with E-state index < -0.39 is 4.75 Å². The zero-order chi connectivity index (χ0) is 15.3. The zero-order valence-electron chi connectivity index (χ0n) is 12.3. The Morgan fingerprint density at radius 1 is 1.33 bits per heavy atom. The molecule has 21 heavy (non-hydrogen) atoms. The molecule has 4 nitrogen and oxygen atoms in total.